The summed E-state index contributed by atoms with van der Waals surface area (Å²) in [7, 11) is 1.87. The molecule has 6 nitrogen and oxygen atoms in total. The largest absolute Gasteiger partial charge is 0.355 e. The normalized spacial score (nSPS) is 18.9. The molecule has 2 heterocycles. The Kier molecular flexibility index (Phi) is 4.44. The lowest BCUT2D eigenvalue weighted by atomic mass is 10.1. The first-order valence-electron chi connectivity index (χ1n) is 6.98. The molecule has 0 saturated carbocycles. The molecule has 2 N–H and O–H groups in total. The SMILES string of the molecule is CCNC(=O)C1CNCCN1C(=O)c1ccc(C)n1C. The van der Waals surface area contributed by atoms with Crippen molar-refractivity contribution >= 4 is 11.8 Å². The van der Waals surface area contributed by atoms with Gasteiger partial charge in [-0.1, -0.05) is 0 Å². The van der Waals surface area contributed by atoms with Gasteiger partial charge in [0.15, 0.2) is 0 Å². The average Bonchev–Trinajstić information content (AvgIpc) is 2.78. The van der Waals surface area contributed by atoms with Gasteiger partial charge < -0.3 is 20.1 Å². The van der Waals surface area contributed by atoms with Crippen molar-refractivity contribution in [3.05, 3.63) is 23.5 Å². The van der Waals surface area contributed by atoms with Crippen LogP contribution in [0.25, 0.3) is 0 Å². The summed E-state index contributed by atoms with van der Waals surface area (Å²) in [6.07, 6.45) is 0. The molecule has 20 heavy (non-hydrogen) atoms. The van der Waals surface area contributed by atoms with Gasteiger partial charge in [0.1, 0.15) is 11.7 Å². The third-order valence-electron chi connectivity index (χ3n) is 3.75. The molecule has 0 bridgehead atoms. The highest BCUT2D eigenvalue weighted by Gasteiger charge is 2.33. The summed E-state index contributed by atoms with van der Waals surface area (Å²) in [5, 5.41) is 5.96. The number of rotatable bonds is 3. The number of nitrogens with one attached hydrogen (secondary N) is 2. The molecule has 2 amide bonds. The van der Waals surface area contributed by atoms with Crippen LogP contribution in [0.2, 0.25) is 0 Å². The highest BCUT2D eigenvalue weighted by atomic mass is 16.2. The van der Waals surface area contributed by atoms with E-state index in [4.69, 9.17) is 0 Å². The fourth-order valence-electron chi connectivity index (χ4n) is 2.45. The second-order valence-corrected chi connectivity index (χ2v) is 5.03. The van der Waals surface area contributed by atoms with Crippen molar-refractivity contribution in [2.24, 2.45) is 7.05 Å². The number of carbonyl (C=O) groups excluding carboxylic acids is 2. The molecular weight excluding hydrogens is 256 g/mol. The van der Waals surface area contributed by atoms with Crippen molar-refractivity contribution in [3.63, 3.8) is 0 Å². The molecule has 1 aromatic heterocycles. The lowest BCUT2D eigenvalue weighted by Gasteiger charge is -2.35. The molecule has 1 fully saturated rings. The molecule has 1 aromatic rings. The summed E-state index contributed by atoms with van der Waals surface area (Å²) in [4.78, 5) is 26.4. The van der Waals surface area contributed by atoms with Gasteiger partial charge in [0.05, 0.1) is 0 Å². The maximum atomic E-state index is 12.7. The third kappa shape index (κ3) is 2.70. The van der Waals surface area contributed by atoms with E-state index < -0.39 is 6.04 Å². The Hall–Kier alpha value is -1.82. The van der Waals surface area contributed by atoms with Crippen molar-refractivity contribution in [3.8, 4) is 0 Å². The Morgan fingerprint density at radius 2 is 2.20 bits per heavy atom. The van der Waals surface area contributed by atoms with E-state index in [0.29, 0.717) is 31.9 Å². The smallest absolute Gasteiger partial charge is 0.271 e. The number of aromatic nitrogens is 1. The number of nitrogens with zero attached hydrogens (tertiary/aromatic N) is 2. The Morgan fingerprint density at radius 3 is 2.80 bits per heavy atom. The molecule has 6 heteroatoms. The Morgan fingerprint density at radius 1 is 1.45 bits per heavy atom. The van der Waals surface area contributed by atoms with Gasteiger partial charge in [-0.05, 0) is 26.0 Å². The van der Waals surface area contributed by atoms with Crippen molar-refractivity contribution < 1.29 is 9.59 Å². The number of hydrogen-bond acceptors (Lipinski definition) is 3. The summed E-state index contributed by atoms with van der Waals surface area (Å²) >= 11 is 0. The van der Waals surface area contributed by atoms with E-state index in [9.17, 15) is 9.59 Å². The second-order valence-electron chi connectivity index (χ2n) is 5.03. The van der Waals surface area contributed by atoms with E-state index in [0.717, 1.165) is 5.69 Å². The van der Waals surface area contributed by atoms with Crippen LogP contribution in [0.4, 0.5) is 0 Å². The lowest BCUT2D eigenvalue weighted by Crippen LogP contribution is -2.59. The third-order valence-corrected chi connectivity index (χ3v) is 3.75. The predicted octanol–water partition coefficient (Wildman–Crippen LogP) is -0.116. The quantitative estimate of drug-likeness (QED) is 0.810. The maximum Gasteiger partial charge on any atom is 0.271 e. The molecule has 110 valence electrons. The van der Waals surface area contributed by atoms with Gasteiger partial charge in [0.25, 0.3) is 5.91 Å². The minimum atomic E-state index is -0.439. The maximum absolute atomic E-state index is 12.7. The number of amides is 2. The van der Waals surface area contributed by atoms with Crippen molar-refractivity contribution in [2.45, 2.75) is 19.9 Å². The Bertz CT molecular complexity index is 509. The van der Waals surface area contributed by atoms with E-state index in [1.807, 2.05) is 37.6 Å². The van der Waals surface area contributed by atoms with Crippen LogP contribution in [0.3, 0.4) is 0 Å². The fourth-order valence-corrected chi connectivity index (χ4v) is 2.45. The van der Waals surface area contributed by atoms with Crippen molar-refractivity contribution in [2.75, 3.05) is 26.2 Å². The number of likely N-dealkylation sites (N-methyl/N-ethyl adjacent to an activating group) is 1. The van der Waals surface area contributed by atoms with Crippen LogP contribution in [-0.2, 0) is 11.8 Å². The Labute approximate surface area is 119 Å². The molecule has 0 spiro atoms. The van der Waals surface area contributed by atoms with E-state index in [-0.39, 0.29) is 11.8 Å². The van der Waals surface area contributed by atoms with E-state index in [1.54, 1.807) is 4.90 Å². The minimum Gasteiger partial charge on any atom is -0.355 e. The molecule has 1 aliphatic heterocycles. The zero-order chi connectivity index (χ0) is 14.7. The monoisotopic (exact) mass is 278 g/mol. The first-order chi connectivity index (χ1) is 9.56. The van der Waals surface area contributed by atoms with Crippen LogP contribution in [0.5, 0.6) is 0 Å². The highest BCUT2D eigenvalue weighted by Crippen LogP contribution is 2.13. The molecule has 1 saturated heterocycles. The van der Waals surface area contributed by atoms with Crippen molar-refractivity contribution in [1.82, 2.24) is 20.1 Å². The highest BCUT2D eigenvalue weighted by molar-refractivity contribution is 5.96. The van der Waals surface area contributed by atoms with Crippen LogP contribution in [0.1, 0.15) is 23.1 Å². The molecule has 0 radical (unpaired) electrons. The van der Waals surface area contributed by atoms with Gasteiger partial charge in [-0.3, -0.25) is 9.59 Å². The van der Waals surface area contributed by atoms with Crippen LogP contribution in [0.15, 0.2) is 12.1 Å². The van der Waals surface area contributed by atoms with Crippen LogP contribution >= 0.6 is 0 Å². The van der Waals surface area contributed by atoms with Crippen molar-refractivity contribution in [1.29, 1.82) is 0 Å². The van der Waals surface area contributed by atoms with Gasteiger partial charge in [-0.25, -0.2) is 0 Å². The number of hydrogen-bond donors (Lipinski definition) is 2. The Balaban J connectivity index is 2.21. The molecule has 2 rings (SSSR count). The van der Waals surface area contributed by atoms with Crippen LogP contribution < -0.4 is 10.6 Å². The minimum absolute atomic E-state index is 0.0849. The zero-order valence-electron chi connectivity index (χ0n) is 12.3. The predicted molar refractivity (Wildman–Crippen MR) is 76.5 cm³/mol. The van der Waals surface area contributed by atoms with E-state index >= 15 is 0 Å². The zero-order valence-corrected chi connectivity index (χ0v) is 12.3. The van der Waals surface area contributed by atoms with Gasteiger partial charge in [0, 0.05) is 38.9 Å². The molecule has 1 aliphatic rings. The number of piperazine rings is 1. The summed E-state index contributed by atoms with van der Waals surface area (Å²) in [5.74, 6) is -0.183. The number of carbonyl (C=O) groups is 2. The topological polar surface area (TPSA) is 66.4 Å². The average molecular weight is 278 g/mol. The summed E-state index contributed by atoms with van der Waals surface area (Å²) in [6.45, 7) is 6.16. The first kappa shape index (κ1) is 14.6. The summed E-state index contributed by atoms with van der Waals surface area (Å²) in [5.41, 5.74) is 1.65. The van der Waals surface area contributed by atoms with E-state index in [2.05, 4.69) is 10.6 Å². The molecule has 0 aromatic carbocycles. The molecule has 1 unspecified atom stereocenters. The van der Waals surface area contributed by atoms with Gasteiger partial charge >= 0.3 is 0 Å². The van der Waals surface area contributed by atoms with Crippen LogP contribution in [0, 0.1) is 6.92 Å². The lowest BCUT2D eigenvalue weighted by molar-refractivity contribution is -0.126. The molecule has 0 aliphatic carbocycles. The number of aryl methyl sites for hydroxylation is 1. The molecule has 1 atom stereocenters. The summed E-state index contributed by atoms with van der Waals surface area (Å²) in [6, 6.07) is 3.29. The van der Waals surface area contributed by atoms with E-state index in [1.165, 1.54) is 0 Å². The fraction of sp³-hybridized carbons (Fsp3) is 0.571. The van der Waals surface area contributed by atoms with Gasteiger partial charge in [0.2, 0.25) is 5.91 Å². The van der Waals surface area contributed by atoms with Crippen LogP contribution in [-0.4, -0.2) is 53.5 Å². The molecular formula is C14H22N4O2. The van der Waals surface area contributed by atoms with Gasteiger partial charge in [-0.2, -0.15) is 0 Å². The standard InChI is InChI=1S/C14H22N4O2/c1-4-16-13(19)12-9-15-7-8-18(12)14(20)11-6-5-10(2)17(11)3/h5-6,12,15H,4,7-9H2,1-3H3,(H,16,19). The summed E-state index contributed by atoms with van der Waals surface area (Å²) < 4.78 is 1.86. The second kappa shape index (κ2) is 6.09. The van der Waals surface area contributed by atoms with Gasteiger partial charge in [-0.15, -0.1) is 0 Å². The first-order valence-corrected chi connectivity index (χ1v) is 6.98.